The molecule has 0 aliphatic carbocycles. The number of H-pyrrole nitrogens is 2. The standard InChI is InChI=1S/C7H8N4O2/c1-2-3-4-8-5-6(12)9-7(13)11-10-5/h1H,3-4H2,(H,8,10)(H2,9,11,12,13). The van der Waals surface area contributed by atoms with Gasteiger partial charge in [0.2, 0.25) is 5.82 Å². The summed E-state index contributed by atoms with van der Waals surface area (Å²) in [5.74, 6) is 2.46. The number of anilines is 1. The first-order valence-corrected chi connectivity index (χ1v) is 3.60. The fraction of sp³-hybridized carbons (Fsp3) is 0.286. The number of terminal acetylenes is 1. The van der Waals surface area contributed by atoms with Gasteiger partial charge >= 0.3 is 5.69 Å². The zero-order chi connectivity index (χ0) is 9.68. The van der Waals surface area contributed by atoms with E-state index in [9.17, 15) is 9.59 Å². The van der Waals surface area contributed by atoms with E-state index >= 15 is 0 Å². The van der Waals surface area contributed by atoms with Crippen molar-refractivity contribution in [3.8, 4) is 12.3 Å². The van der Waals surface area contributed by atoms with Crippen LogP contribution in [0.15, 0.2) is 9.59 Å². The van der Waals surface area contributed by atoms with Gasteiger partial charge in [-0.15, -0.1) is 17.4 Å². The first kappa shape index (κ1) is 9.06. The van der Waals surface area contributed by atoms with E-state index in [2.05, 4.69) is 21.4 Å². The lowest BCUT2D eigenvalue weighted by molar-refractivity contribution is 0.882. The van der Waals surface area contributed by atoms with Gasteiger partial charge in [-0.1, -0.05) is 0 Å². The van der Waals surface area contributed by atoms with Crippen LogP contribution in [0.5, 0.6) is 0 Å². The second-order valence-electron chi connectivity index (χ2n) is 2.24. The molecule has 1 heterocycles. The van der Waals surface area contributed by atoms with Crippen LogP contribution in [0.25, 0.3) is 0 Å². The van der Waals surface area contributed by atoms with Crippen LogP contribution in [-0.4, -0.2) is 21.7 Å². The maximum absolute atomic E-state index is 11.0. The van der Waals surface area contributed by atoms with E-state index < -0.39 is 11.2 Å². The molecule has 1 aromatic rings. The summed E-state index contributed by atoms with van der Waals surface area (Å²) < 4.78 is 0. The highest BCUT2D eigenvalue weighted by Gasteiger charge is 1.98. The quantitative estimate of drug-likeness (QED) is 0.406. The van der Waals surface area contributed by atoms with Crippen molar-refractivity contribution in [1.82, 2.24) is 15.2 Å². The van der Waals surface area contributed by atoms with Crippen molar-refractivity contribution in [1.29, 1.82) is 0 Å². The van der Waals surface area contributed by atoms with E-state index in [1.54, 1.807) is 0 Å². The van der Waals surface area contributed by atoms with Crippen LogP contribution in [-0.2, 0) is 0 Å². The number of rotatable bonds is 3. The number of nitrogens with zero attached hydrogens (tertiary/aromatic N) is 1. The molecule has 68 valence electrons. The van der Waals surface area contributed by atoms with Gasteiger partial charge in [0.15, 0.2) is 0 Å². The molecule has 6 heteroatoms. The Kier molecular flexibility index (Phi) is 2.87. The van der Waals surface area contributed by atoms with Gasteiger partial charge in [0.25, 0.3) is 5.56 Å². The zero-order valence-electron chi connectivity index (χ0n) is 6.76. The van der Waals surface area contributed by atoms with Crippen LogP contribution < -0.4 is 16.6 Å². The molecule has 0 aliphatic rings. The first-order valence-electron chi connectivity index (χ1n) is 3.60. The van der Waals surface area contributed by atoms with Crippen molar-refractivity contribution in [2.45, 2.75) is 6.42 Å². The van der Waals surface area contributed by atoms with Crippen LogP contribution >= 0.6 is 0 Å². The molecule has 0 amide bonds. The summed E-state index contributed by atoms with van der Waals surface area (Å²) in [6.45, 7) is 0.443. The lowest BCUT2D eigenvalue weighted by atomic mass is 10.4. The van der Waals surface area contributed by atoms with Crippen molar-refractivity contribution >= 4 is 5.82 Å². The maximum Gasteiger partial charge on any atom is 0.342 e. The van der Waals surface area contributed by atoms with Crippen LogP contribution in [0, 0.1) is 12.3 Å². The van der Waals surface area contributed by atoms with E-state index in [0.29, 0.717) is 13.0 Å². The highest BCUT2D eigenvalue weighted by molar-refractivity contribution is 5.28. The third kappa shape index (κ3) is 2.48. The smallest absolute Gasteiger partial charge is 0.342 e. The maximum atomic E-state index is 11.0. The molecule has 0 spiro atoms. The first-order chi connectivity index (χ1) is 6.24. The Bertz CT molecular complexity index is 425. The van der Waals surface area contributed by atoms with Crippen molar-refractivity contribution in [3.63, 3.8) is 0 Å². The van der Waals surface area contributed by atoms with Gasteiger partial charge in [-0.05, 0) is 0 Å². The Morgan fingerprint density at radius 1 is 1.54 bits per heavy atom. The third-order valence-corrected chi connectivity index (χ3v) is 1.27. The molecule has 3 N–H and O–H groups in total. The molecular formula is C7H8N4O2. The number of hydrogen-bond acceptors (Lipinski definition) is 4. The molecule has 0 unspecified atom stereocenters. The molecule has 6 nitrogen and oxygen atoms in total. The summed E-state index contributed by atoms with van der Waals surface area (Å²) in [6, 6.07) is 0. The normalized spacial score (nSPS) is 9.15. The van der Waals surface area contributed by atoms with E-state index in [-0.39, 0.29) is 5.82 Å². The average Bonchev–Trinajstić information content (AvgIpc) is 2.09. The molecular weight excluding hydrogens is 172 g/mol. The fourth-order valence-electron chi connectivity index (χ4n) is 0.721. The van der Waals surface area contributed by atoms with Crippen molar-refractivity contribution in [2.75, 3.05) is 11.9 Å². The fourth-order valence-corrected chi connectivity index (χ4v) is 0.721. The highest BCUT2D eigenvalue weighted by Crippen LogP contribution is 1.86. The minimum absolute atomic E-state index is 0.0647. The summed E-state index contributed by atoms with van der Waals surface area (Å²) in [6.07, 6.45) is 5.49. The minimum Gasteiger partial charge on any atom is -0.363 e. The van der Waals surface area contributed by atoms with Crippen molar-refractivity contribution in [3.05, 3.63) is 20.8 Å². The molecule has 0 aliphatic heterocycles. The molecule has 0 saturated carbocycles. The van der Waals surface area contributed by atoms with Gasteiger partial charge < -0.3 is 5.32 Å². The largest absolute Gasteiger partial charge is 0.363 e. The summed E-state index contributed by atoms with van der Waals surface area (Å²) in [7, 11) is 0. The lowest BCUT2D eigenvalue weighted by Crippen LogP contribution is -2.27. The van der Waals surface area contributed by atoms with Gasteiger partial charge in [-0.25, -0.2) is 9.89 Å². The third-order valence-electron chi connectivity index (χ3n) is 1.27. The second-order valence-corrected chi connectivity index (χ2v) is 2.24. The Morgan fingerprint density at radius 3 is 2.92 bits per heavy atom. The highest BCUT2D eigenvalue weighted by atomic mass is 16.2. The average molecular weight is 180 g/mol. The molecule has 13 heavy (non-hydrogen) atoms. The van der Waals surface area contributed by atoms with Gasteiger partial charge in [0.05, 0.1) is 0 Å². The number of aromatic amines is 2. The van der Waals surface area contributed by atoms with Gasteiger partial charge in [-0.3, -0.25) is 9.78 Å². The Hall–Kier alpha value is -2.03. The Morgan fingerprint density at radius 2 is 2.31 bits per heavy atom. The monoisotopic (exact) mass is 180 g/mol. The van der Waals surface area contributed by atoms with Gasteiger partial charge in [0, 0.05) is 13.0 Å². The summed E-state index contributed by atoms with van der Waals surface area (Å²) in [5, 5.41) is 8.25. The summed E-state index contributed by atoms with van der Waals surface area (Å²) in [5.41, 5.74) is -1.19. The van der Waals surface area contributed by atoms with Crippen molar-refractivity contribution < 1.29 is 0 Å². The van der Waals surface area contributed by atoms with E-state index in [4.69, 9.17) is 6.42 Å². The SMILES string of the molecule is C#CCCNc1n[nH]c(=O)[nH]c1=O. The van der Waals surface area contributed by atoms with Gasteiger partial charge in [0.1, 0.15) is 0 Å². The Labute approximate surface area is 73.4 Å². The van der Waals surface area contributed by atoms with Crippen LogP contribution in [0.2, 0.25) is 0 Å². The molecule has 0 aromatic carbocycles. The minimum atomic E-state index is -0.632. The number of nitrogens with one attached hydrogen (secondary N) is 3. The molecule has 1 aromatic heterocycles. The van der Waals surface area contributed by atoms with Gasteiger partial charge in [-0.2, -0.15) is 0 Å². The predicted molar refractivity (Wildman–Crippen MR) is 47.4 cm³/mol. The topological polar surface area (TPSA) is 90.6 Å². The predicted octanol–water partition coefficient (Wildman–Crippen LogP) is -1.11. The van der Waals surface area contributed by atoms with E-state index in [1.165, 1.54) is 0 Å². The molecule has 0 atom stereocenters. The summed E-state index contributed by atoms with van der Waals surface area (Å²) in [4.78, 5) is 23.5. The van der Waals surface area contributed by atoms with Crippen LogP contribution in [0.1, 0.15) is 6.42 Å². The Balaban J connectivity index is 2.74. The second kappa shape index (κ2) is 4.11. The molecule has 0 fully saturated rings. The van der Waals surface area contributed by atoms with Crippen LogP contribution in [0.4, 0.5) is 5.82 Å². The van der Waals surface area contributed by atoms with Crippen molar-refractivity contribution in [2.24, 2.45) is 0 Å². The number of hydrogen-bond donors (Lipinski definition) is 3. The lowest BCUT2D eigenvalue weighted by Gasteiger charge is -1.98. The molecule has 0 bridgehead atoms. The molecule has 0 saturated heterocycles. The van der Waals surface area contributed by atoms with E-state index in [0.717, 1.165) is 0 Å². The zero-order valence-corrected chi connectivity index (χ0v) is 6.76. The van der Waals surface area contributed by atoms with Crippen LogP contribution in [0.3, 0.4) is 0 Å². The molecule has 1 rings (SSSR count). The molecule has 0 radical (unpaired) electrons. The summed E-state index contributed by atoms with van der Waals surface area (Å²) >= 11 is 0. The van der Waals surface area contributed by atoms with E-state index in [1.807, 2.05) is 4.98 Å². The number of aromatic nitrogens is 3.